The Morgan fingerprint density at radius 2 is 1.90 bits per heavy atom. The molecule has 118 valence electrons. The van der Waals surface area contributed by atoms with E-state index < -0.39 is 6.61 Å². The van der Waals surface area contributed by atoms with Gasteiger partial charge in [-0.2, -0.15) is 8.78 Å². The second kappa shape index (κ2) is 8.95. The number of rotatable bonds is 8. The first-order chi connectivity index (χ1) is 10.3. The van der Waals surface area contributed by atoms with Gasteiger partial charge in [-0.1, -0.05) is 37.5 Å². The summed E-state index contributed by atoms with van der Waals surface area (Å²) >= 11 is 0. The fourth-order valence-corrected chi connectivity index (χ4v) is 2.61. The molecule has 0 aliphatic heterocycles. The molecule has 5 heteroatoms. The van der Waals surface area contributed by atoms with Gasteiger partial charge in [0.2, 0.25) is 0 Å². The van der Waals surface area contributed by atoms with E-state index in [9.17, 15) is 8.78 Å². The van der Waals surface area contributed by atoms with E-state index in [2.05, 4.69) is 10.1 Å². The van der Waals surface area contributed by atoms with Crippen LogP contribution in [0.2, 0.25) is 0 Å². The van der Waals surface area contributed by atoms with Crippen LogP contribution in [-0.4, -0.2) is 25.9 Å². The predicted molar refractivity (Wildman–Crippen MR) is 77.6 cm³/mol. The number of hydrogen-bond donors (Lipinski definition) is 1. The van der Waals surface area contributed by atoms with E-state index in [1.807, 2.05) is 6.07 Å². The summed E-state index contributed by atoms with van der Waals surface area (Å²) in [5.74, 6) is 0.230. The van der Waals surface area contributed by atoms with Crippen molar-refractivity contribution in [1.82, 2.24) is 5.32 Å². The molecular formula is C16H23F2NO2. The summed E-state index contributed by atoms with van der Waals surface area (Å²) in [6.07, 6.45) is 6.55. The minimum Gasteiger partial charge on any atom is -0.434 e. The highest BCUT2D eigenvalue weighted by molar-refractivity contribution is 5.33. The highest BCUT2D eigenvalue weighted by Gasteiger charge is 2.13. The predicted octanol–water partition coefficient (Wildman–Crippen LogP) is 3.73. The molecule has 0 saturated heterocycles. The molecule has 1 aromatic rings. The van der Waals surface area contributed by atoms with Gasteiger partial charge in [0.1, 0.15) is 5.75 Å². The van der Waals surface area contributed by atoms with E-state index in [4.69, 9.17) is 4.74 Å². The third kappa shape index (κ3) is 5.98. The summed E-state index contributed by atoms with van der Waals surface area (Å²) in [6.45, 7) is -0.931. The second-order valence-corrected chi connectivity index (χ2v) is 5.29. The van der Waals surface area contributed by atoms with Gasteiger partial charge in [-0.05, 0) is 18.9 Å². The van der Waals surface area contributed by atoms with Crippen LogP contribution in [0.5, 0.6) is 5.75 Å². The molecule has 0 aromatic heterocycles. The summed E-state index contributed by atoms with van der Waals surface area (Å²) < 4.78 is 34.9. The lowest BCUT2D eigenvalue weighted by Crippen LogP contribution is -2.24. The number of benzene rings is 1. The van der Waals surface area contributed by atoms with Gasteiger partial charge in [0.25, 0.3) is 0 Å². The molecule has 0 spiro atoms. The van der Waals surface area contributed by atoms with E-state index in [1.54, 1.807) is 18.2 Å². The Kier molecular flexibility index (Phi) is 6.89. The van der Waals surface area contributed by atoms with Gasteiger partial charge in [-0.3, -0.25) is 0 Å². The molecule has 1 saturated carbocycles. The SMILES string of the molecule is FC(F)Oc1ccccc1CNCCOC1CCCCC1. The monoisotopic (exact) mass is 299 g/mol. The fourth-order valence-electron chi connectivity index (χ4n) is 2.61. The smallest absolute Gasteiger partial charge is 0.387 e. The zero-order valence-corrected chi connectivity index (χ0v) is 12.2. The first-order valence-corrected chi connectivity index (χ1v) is 7.61. The molecule has 0 atom stereocenters. The number of hydrogen-bond acceptors (Lipinski definition) is 3. The Balaban J connectivity index is 1.66. The molecule has 1 N–H and O–H groups in total. The van der Waals surface area contributed by atoms with Crippen LogP contribution >= 0.6 is 0 Å². The molecule has 0 radical (unpaired) electrons. The van der Waals surface area contributed by atoms with Crippen LogP contribution in [0.15, 0.2) is 24.3 Å². The van der Waals surface area contributed by atoms with Crippen LogP contribution < -0.4 is 10.1 Å². The maximum Gasteiger partial charge on any atom is 0.387 e. The topological polar surface area (TPSA) is 30.5 Å². The standard InChI is InChI=1S/C16H23F2NO2/c17-16(18)21-15-9-5-4-6-13(15)12-19-10-11-20-14-7-2-1-3-8-14/h4-6,9,14,16,19H,1-3,7-8,10-12H2. The summed E-state index contributed by atoms with van der Waals surface area (Å²) in [5, 5.41) is 3.21. The Bertz CT molecular complexity index is 409. The van der Waals surface area contributed by atoms with Gasteiger partial charge in [-0.15, -0.1) is 0 Å². The largest absolute Gasteiger partial charge is 0.434 e. The fraction of sp³-hybridized carbons (Fsp3) is 0.625. The van der Waals surface area contributed by atoms with Crippen LogP contribution in [0, 0.1) is 0 Å². The number of halogens is 2. The molecule has 0 unspecified atom stereocenters. The molecule has 21 heavy (non-hydrogen) atoms. The first kappa shape index (κ1) is 16.2. The van der Waals surface area contributed by atoms with Crippen LogP contribution in [0.3, 0.4) is 0 Å². The van der Waals surface area contributed by atoms with Gasteiger partial charge in [0.15, 0.2) is 0 Å². The minimum atomic E-state index is -2.79. The molecule has 0 heterocycles. The van der Waals surface area contributed by atoms with Crippen molar-refractivity contribution in [2.75, 3.05) is 13.2 Å². The van der Waals surface area contributed by atoms with Crippen molar-refractivity contribution in [3.63, 3.8) is 0 Å². The molecule has 0 bridgehead atoms. The number of nitrogens with one attached hydrogen (secondary N) is 1. The third-order valence-corrected chi connectivity index (χ3v) is 3.69. The van der Waals surface area contributed by atoms with E-state index >= 15 is 0 Å². The first-order valence-electron chi connectivity index (χ1n) is 7.61. The van der Waals surface area contributed by atoms with Gasteiger partial charge in [-0.25, -0.2) is 0 Å². The molecule has 1 aliphatic carbocycles. The Labute approximate surface area is 124 Å². The molecule has 1 aliphatic rings. The van der Waals surface area contributed by atoms with Crippen LogP contribution in [0.25, 0.3) is 0 Å². The zero-order chi connectivity index (χ0) is 14.9. The average molecular weight is 299 g/mol. The third-order valence-electron chi connectivity index (χ3n) is 3.69. The van der Waals surface area contributed by atoms with Gasteiger partial charge in [0, 0.05) is 18.7 Å². The Hall–Kier alpha value is -1.20. The molecular weight excluding hydrogens is 276 g/mol. The summed E-state index contributed by atoms with van der Waals surface area (Å²) in [7, 11) is 0. The van der Waals surface area contributed by atoms with Crippen LogP contribution in [0.4, 0.5) is 8.78 Å². The summed E-state index contributed by atoms with van der Waals surface area (Å²) in [6, 6.07) is 6.84. The Morgan fingerprint density at radius 1 is 1.14 bits per heavy atom. The lowest BCUT2D eigenvalue weighted by molar-refractivity contribution is -0.0505. The van der Waals surface area contributed by atoms with E-state index in [0.717, 1.165) is 18.4 Å². The van der Waals surface area contributed by atoms with E-state index in [-0.39, 0.29) is 5.75 Å². The van der Waals surface area contributed by atoms with Crippen molar-refractivity contribution in [3.05, 3.63) is 29.8 Å². The van der Waals surface area contributed by atoms with E-state index in [0.29, 0.717) is 25.8 Å². The zero-order valence-electron chi connectivity index (χ0n) is 12.2. The lowest BCUT2D eigenvalue weighted by atomic mass is 9.98. The van der Waals surface area contributed by atoms with Crippen molar-refractivity contribution in [2.45, 2.75) is 51.4 Å². The molecule has 0 amide bonds. The molecule has 2 rings (SSSR count). The van der Waals surface area contributed by atoms with Crippen molar-refractivity contribution in [1.29, 1.82) is 0 Å². The van der Waals surface area contributed by atoms with Crippen LogP contribution in [0.1, 0.15) is 37.7 Å². The number of para-hydroxylation sites is 1. The summed E-state index contributed by atoms with van der Waals surface area (Å²) in [5.41, 5.74) is 0.732. The van der Waals surface area contributed by atoms with Crippen LogP contribution in [-0.2, 0) is 11.3 Å². The van der Waals surface area contributed by atoms with Gasteiger partial charge < -0.3 is 14.8 Å². The van der Waals surface area contributed by atoms with Crippen molar-refractivity contribution >= 4 is 0 Å². The highest BCUT2D eigenvalue weighted by atomic mass is 19.3. The Morgan fingerprint density at radius 3 is 2.67 bits per heavy atom. The van der Waals surface area contributed by atoms with E-state index in [1.165, 1.54) is 19.3 Å². The van der Waals surface area contributed by atoms with Crippen molar-refractivity contribution < 1.29 is 18.3 Å². The quantitative estimate of drug-likeness (QED) is 0.742. The highest BCUT2D eigenvalue weighted by Crippen LogP contribution is 2.21. The maximum absolute atomic E-state index is 12.3. The van der Waals surface area contributed by atoms with Gasteiger partial charge >= 0.3 is 6.61 Å². The summed E-state index contributed by atoms with van der Waals surface area (Å²) in [4.78, 5) is 0. The second-order valence-electron chi connectivity index (χ2n) is 5.29. The molecule has 1 aromatic carbocycles. The van der Waals surface area contributed by atoms with Crippen molar-refractivity contribution in [2.24, 2.45) is 0 Å². The molecule has 1 fully saturated rings. The van der Waals surface area contributed by atoms with Gasteiger partial charge in [0.05, 0.1) is 12.7 Å². The minimum absolute atomic E-state index is 0.230. The lowest BCUT2D eigenvalue weighted by Gasteiger charge is -2.22. The van der Waals surface area contributed by atoms with Crippen molar-refractivity contribution in [3.8, 4) is 5.75 Å². The number of ether oxygens (including phenoxy) is 2. The normalized spacial score (nSPS) is 16.3. The number of alkyl halides is 2. The molecule has 3 nitrogen and oxygen atoms in total. The maximum atomic E-state index is 12.3. The average Bonchev–Trinajstić information content (AvgIpc) is 2.49.